The molecule has 1 fully saturated rings. The van der Waals surface area contributed by atoms with E-state index in [1.807, 2.05) is 0 Å². The Bertz CT molecular complexity index is 464. The number of piperidine rings is 1. The van der Waals surface area contributed by atoms with Crippen LogP contribution in [0.1, 0.15) is 49.9 Å². The largest absolute Gasteiger partial charge is 0.312 e. The van der Waals surface area contributed by atoms with Crippen molar-refractivity contribution in [2.24, 2.45) is 0 Å². The van der Waals surface area contributed by atoms with Crippen LogP contribution in [0, 0.1) is 5.82 Å². The van der Waals surface area contributed by atoms with Crippen LogP contribution in [0.25, 0.3) is 0 Å². The number of hydrogen-bond donors (Lipinski definition) is 1. The third-order valence-electron chi connectivity index (χ3n) is 4.20. The number of nitrogens with zero attached hydrogens (tertiary/aromatic N) is 1. The van der Waals surface area contributed by atoms with Crippen molar-refractivity contribution in [2.75, 3.05) is 19.6 Å². The number of halogens is 1. The molecule has 0 radical (unpaired) electrons. The summed E-state index contributed by atoms with van der Waals surface area (Å²) in [6, 6.07) is 7.02. The van der Waals surface area contributed by atoms with Crippen molar-refractivity contribution in [1.82, 2.24) is 10.2 Å². The van der Waals surface area contributed by atoms with Crippen molar-refractivity contribution in [3.8, 4) is 0 Å². The summed E-state index contributed by atoms with van der Waals surface area (Å²) in [6.07, 6.45) is 3.78. The summed E-state index contributed by atoms with van der Waals surface area (Å²) in [4.78, 5) is 14.5. The molecule has 1 aliphatic heterocycles. The second kappa shape index (κ2) is 8.39. The van der Waals surface area contributed by atoms with Gasteiger partial charge in [0.1, 0.15) is 5.82 Å². The first-order chi connectivity index (χ1) is 10.5. The van der Waals surface area contributed by atoms with Gasteiger partial charge in [-0.2, -0.15) is 0 Å². The minimum absolute atomic E-state index is 0.108. The summed E-state index contributed by atoms with van der Waals surface area (Å²) in [5.41, 5.74) is 0.612. The first-order valence-corrected chi connectivity index (χ1v) is 8.32. The highest BCUT2D eigenvalue weighted by Crippen LogP contribution is 2.13. The topological polar surface area (TPSA) is 32.3 Å². The number of rotatable bonds is 7. The predicted octanol–water partition coefficient (Wildman–Crippen LogP) is 3.25. The van der Waals surface area contributed by atoms with Gasteiger partial charge in [-0.05, 0) is 63.2 Å². The molecule has 0 unspecified atom stereocenters. The lowest BCUT2D eigenvalue weighted by molar-refractivity contribution is 0.0971. The van der Waals surface area contributed by atoms with Gasteiger partial charge in [0.15, 0.2) is 5.78 Å². The minimum Gasteiger partial charge on any atom is -0.312 e. The molecule has 0 saturated carbocycles. The lowest BCUT2D eigenvalue weighted by Crippen LogP contribution is -2.44. The van der Waals surface area contributed by atoms with E-state index in [4.69, 9.17) is 0 Å². The van der Waals surface area contributed by atoms with Crippen LogP contribution in [0.5, 0.6) is 0 Å². The van der Waals surface area contributed by atoms with Crippen molar-refractivity contribution < 1.29 is 9.18 Å². The summed E-state index contributed by atoms with van der Waals surface area (Å²) < 4.78 is 12.8. The highest BCUT2D eigenvalue weighted by atomic mass is 19.1. The zero-order chi connectivity index (χ0) is 15.9. The number of hydrogen-bond acceptors (Lipinski definition) is 3. The molecule has 0 atom stereocenters. The Kier molecular flexibility index (Phi) is 6.52. The van der Waals surface area contributed by atoms with Crippen LogP contribution in [0.15, 0.2) is 24.3 Å². The number of nitrogens with one attached hydrogen (secondary N) is 1. The highest BCUT2D eigenvalue weighted by molar-refractivity contribution is 5.95. The molecule has 22 heavy (non-hydrogen) atoms. The Labute approximate surface area is 132 Å². The van der Waals surface area contributed by atoms with E-state index in [0.29, 0.717) is 24.1 Å². The van der Waals surface area contributed by atoms with Crippen molar-refractivity contribution >= 4 is 5.78 Å². The number of likely N-dealkylation sites (tertiary alicyclic amines) is 1. The molecule has 0 bridgehead atoms. The van der Waals surface area contributed by atoms with E-state index in [1.54, 1.807) is 12.1 Å². The molecule has 1 aromatic carbocycles. The Morgan fingerprint density at radius 2 is 1.91 bits per heavy atom. The third-order valence-corrected chi connectivity index (χ3v) is 4.20. The first-order valence-electron chi connectivity index (χ1n) is 8.32. The van der Waals surface area contributed by atoms with Crippen molar-refractivity contribution in [2.45, 2.75) is 51.6 Å². The van der Waals surface area contributed by atoms with Gasteiger partial charge in [0.25, 0.3) is 0 Å². The molecule has 1 aliphatic rings. The molecule has 1 aromatic rings. The van der Waals surface area contributed by atoms with E-state index in [1.165, 1.54) is 25.0 Å². The second-order valence-corrected chi connectivity index (χ2v) is 6.47. The molecule has 2 rings (SSSR count). The van der Waals surface area contributed by atoms with Crippen LogP contribution >= 0.6 is 0 Å². The second-order valence-electron chi connectivity index (χ2n) is 6.47. The molecule has 0 amide bonds. The maximum Gasteiger partial charge on any atom is 0.162 e. The van der Waals surface area contributed by atoms with Crippen molar-refractivity contribution in [3.63, 3.8) is 0 Å². The van der Waals surface area contributed by atoms with Crippen LogP contribution < -0.4 is 5.32 Å². The van der Waals surface area contributed by atoms with E-state index < -0.39 is 0 Å². The zero-order valence-corrected chi connectivity index (χ0v) is 13.6. The van der Waals surface area contributed by atoms with Gasteiger partial charge in [-0.15, -0.1) is 0 Å². The fraction of sp³-hybridized carbons (Fsp3) is 0.611. The van der Waals surface area contributed by atoms with E-state index >= 15 is 0 Å². The molecule has 0 aliphatic carbocycles. The minimum atomic E-state index is -0.297. The summed E-state index contributed by atoms with van der Waals surface area (Å²) in [5, 5.41) is 3.59. The fourth-order valence-corrected chi connectivity index (χ4v) is 3.04. The van der Waals surface area contributed by atoms with Gasteiger partial charge in [-0.1, -0.05) is 13.8 Å². The van der Waals surface area contributed by atoms with Gasteiger partial charge in [0.2, 0.25) is 0 Å². The number of carbonyl (C=O) groups is 1. The van der Waals surface area contributed by atoms with Crippen molar-refractivity contribution in [1.29, 1.82) is 0 Å². The third kappa shape index (κ3) is 5.50. The summed E-state index contributed by atoms with van der Waals surface area (Å²) in [5.74, 6) is -0.189. The Morgan fingerprint density at radius 3 is 2.50 bits per heavy atom. The molecular weight excluding hydrogens is 279 g/mol. The normalized spacial score (nSPS) is 17.1. The van der Waals surface area contributed by atoms with Gasteiger partial charge >= 0.3 is 0 Å². The fourth-order valence-electron chi connectivity index (χ4n) is 3.04. The lowest BCUT2D eigenvalue weighted by atomic mass is 10.0. The first kappa shape index (κ1) is 17.1. The monoisotopic (exact) mass is 306 g/mol. The van der Waals surface area contributed by atoms with Crippen molar-refractivity contribution in [3.05, 3.63) is 35.6 Å². The Balaban J connectivity index is 1.65. The van der Waals surface area contributed by atoms with Crippen LogP contribution in [-0.2, 0) is 0 Å². The molecular formula is C18H27FN2O. The summed E-state index contributed by atoms with van der Waals surface area (Å²) >= 11 is 0. The maximum absolute atomic E-state index is 12.8. The number of ketones is 1. The van der Waals surface area contributed by atoms with E-state index in [0.717, 1.165) is 26.1 Å². The van der Waals surface area contributed by atoms with Crippen LogP contribution in [0.4, 0.5) is 4.39 Å². The van der Waals surface area contributed by atoms with E-state index in [9.17, 15) is 9.18 Å². The number of carbonyl (C=O) groups excluding carboxylic acids is 1. The molecule has 0 spiro atoms. The summed E-state index contributed by atoms with van der Waals surface area (Å²) in [6.45, 7) is 7.56. The average molecular weight is 306 g/mol. The van der Waals surface area contributed by atoms with Gasteiger partial charge in [-0.25, -0.2) is 4.39 Å². The average Bonchev–Trinajstić information content (AvgIpc) is 2.49. The smallest absolute Gasteiger partial charge is 0.162 e. The molecule has 0 aromatic heterocycles. The SMILES string of the molecule is CC(C)NC1CCN(CCCC(=O)c2ccc(F)cc2)CC1. The molecule has 1 N–H and O–H groups in total. The van der Waals surface area contributed by atoms with Gasteiger partial charge in [0, 0.05) is 24.1 Å². The zero-order valence-electron chi connectivity index (χ0n) is 13.6. The quantitative estimate of drug-likeness (QED) is 0.785. The molecule has 3 nitrogen and oxygen atoms in total. The van der Waals surface area contributed by atoms with Gasteiger partial charge in [-0.3, -0.25) is 4.79 Å². The maximum atomic E-state index is 12.8. The Hall–Kier alpha value is -1.26. The van der Waals surface area contributed by atoms with Crippen LogP contribution in [-0.4, -0.2) is 42.4 Å². The standard InChI is InChI=1S/C18H27FN2O/c1-14(2)20-17-9-12-21(13-10-17)11-3-4-18(22)15-5-7-16(19)8-6-15/h5-8,14,17,20H,3-4,9-13H2,1-2H3. The van der Waals surface area contributed by atoms with Gasteiger partial charge in [0.05, 0.1) is 0 Å². The lowest BCUT2D eigenvalue weighted by Gasteiger charge is -2.33. The van der Waals surface area contributed by atoms with Crippen LogP contribution in [0.3, 0.4) is 0 Å². The highest BCUT2D eigenvalue weighted by Gasteiger charge is 2.19. The van der Waals surface area contributed by atoms with E-state index in [-0.39, 0.29) is 11.6 Å². The molecule has 1 heterocycles. The molecule has 122 valence electrons. The van der Waals surface area contributed by atoms with Gasteiger partial charge < -0.3 is 10.2 Å². The predicted molar refractivity (Wildman–Crippen MR) is 87.7 cm³/mol. The molecule has 4 heteroatoms. The van der Waals surface area contributed by atoms with Crippen LogP contribution in [0.2, 0.25) is 0 Å². The summed E-state index contributed by atoms with van der Waals surface area (Å²) in [7, 11) is 0. The number of benzene rings is 1. The van der Waals surface area contributed by atoms with E-state index in [2.05, 4.69) is 24.1 Å². The Morgan fingerprint density at radius 1 is 1.27 bits per heavy atom. The molecule has 1 saturated heterocycles. The number of Topliss-reactive ketones (excluding diaryl/α,β-unsaturated/α-hetero) is 1.